The standard InChI is InChI=1S/C14H22N2O3S/c1-3-11-4-5-12(15)8-14(11)20(18,19)16-7-6-10(2)13(17)9-16/h4-5,8,10,13,17H,3,6-7,9,15H2,1-2H3. The van der Waals surface area contributed by atoms with Crippen LogP contribution in [0.5, 0.6) is 0 Å². The van der Waals surface area contributed by atoms with Crippen molar-refractivity contribution in [2.24, 2.45) is 5.92 Å². The van der Waals surface area contributed by atoms with Gasteiger partial charge < -0.3 is 10.8 Å². The molecule has 3 N–H and O–H groups in total. The molecule has 1 heterocycles. The van der Waals surface area contributed by atoms with Crippen molar-refractivity contribution in [3.05, 3.63) is 23.8 Å². The number of aryl methyl sites for hydroxylation is 1. The molecule has 1 fully saturated rings. The van der Waals surface area contributed by atoms with Gasteiger partial charge in [0.1, 0.15) is 0 Å². The van der Waals surface area contributed by atoms with E-state index in [1.54, 1.807) is 12.1 Å². The second-order valence-electron chi connectivity index (χ2n) is 5.42. The predicted octanol–water partition coefficient (Wildman–Crippen LogP) is 1.22. The molecule has 0 amide bonds. The lowest BCUT2D eigenvalue weighted by Gasteiger charge is -2.33. The van der Waals surface area contributed by atoms with Crippen LogP contribution >= 0.6 is 0 Å². The summed E-state index contributed by atoms with van der Waals surface area (Å²) in [7, 11) is -3.59. The second-order valence-corrected chi connectivity index (χ2v) is 7.32. The maximum atomic E-state index is 12.7. The predicted molar refractivity (Wildman–Crippen MR) is 78.8 cm³/mol. The first-order valence-corrected chi connectivity index (χ1v) is 8.37. The van der Waals surface area contributed by atoms with Crippen molar-refractivity contribution in [2.75, 3.05) is 18.8 Å². The molecule has 1 aromatic carbocycles. The molecule has 20 heavy (non-hydrogen) atoms. The Labute approximate surface area is 120 Å². The Kier molecular flexibility index (Phi) is 4.36. The molecule has 1 aliphatic rings. The van der Waals surface area contributed by atoms with Gasteiger partial charge in [-0.1, -0.05) is 19.9 Å². The van der Waals surface area contributed by atoms with Crippen LogP contribution in [0.3, 0.4) is 0 Å². The molecule has 2 atom stereocenters. The number of β-amino-alcohol motifs (C(OH)–C–C–N with tert-alkyl or cyclic N) is 1. The Morgan fingerprint density at radius 1 is 1.45 bits per heavy atom. The molecule has 1 aliphatic heterocycles. The van der Waals surface area contributed by atoms with E-state index in [9.17, 15) is 13.5 Å². The maximum absolute atomic E-state index is 12.7. The van der Waals surface area contributed by atoms with Crippen LogP contribution in [0.4, 0.5) is 5.69 Å². The number of anilines is 1. The molecule has 1 aromatic rings. The zero-order chi connectivity index (χ0) is 14.9. The van der Waals surface area contributed by atoms with Gasteiger partial charge in [-0.3, -0.25) is 0 Å². The number of rotatable bonds is 3. The summed E-state index contributed by atoms with van der Waals surface area (Å²) in [6.45, 7) is 4.45. The van der Waals surface area contributed by atoms with Crippen molar-refractivity contribution in [2.45, 2.75) is 37.7 Å². The number of hydrogen-bond acceptors (Lipinski definition) is 4. The zero-order valence-corrected chi connectivity index (χ0v) is 12.7. The molecule has 0 bridgehead atoms. The Morgan fingerprint density at radius 2 is 2.15 bits per heavy atom. The number of nitrogens with two attached hydrogens (primary N) is 1. The van der Waals surface area contributed by atoms with Gasteiger partial charge in [0, 0.05) is 18.8 Å². The van der Waals surface area contributed by atoms with Crippen molar-refractivity contribution >= 4 is 15.7 Å². The van der Waals surface area contributed by atoms with Crippen LogP contribution in [0.2, 0.25) is 0 Å². The highest BCUT2D eigenvalue weighted by atomic mass is 32.2. The summed E-state index contributed by atoms with van der Waals surface area (Å²) < 4.78 is 26.8. The van der Waals surface area contributed by atoms with E-state index in [4.69, 9.17) is 5.73 Å². The highest BCUT2D eigenvalue weighted by molar-refractivity contribution is 7.89. The number of nitrogen functional groups attached to an aromatic ring is 1. The molecule has 112 valence electrons. The Balaban J connectivity index is 2.38. The minimum absolute atomic E-state index is 0.132. The Bertz CT molecular complexity index is 586. The molecule has 2 rings (SSSR count). The quantitative estimate of drug-likeness (QED) is 0.822. The van der Waals surface area contributed by atoms with E-state index in [-0.39, 0.29) is 17.4 Å². The first-order valence-electron chi connectivity index (χ1n) is 6.93. The van der Waals surface area contributed by atoms with E-state index in [0.717, 1.165) is 5.56 Å². The van der Waals surface area contributed by atoms with Crippen molar-refractivity contribution in [3.8, 4) is 0 Å². The summed E-state index contributed by atoms with van der Waals surface area (Å²) in [4.78, 5) is 0.266. The van der Waals surface area contributed by atoms with E-state index in [2.05, 4.69) is 0 Å². The van der Waals surface area contributed by atoms with Crippen molar-refractivity contribution < 1.29 is 13.5 Å². The lowest BCUT2D eigenvalue weighted by Crippen LogP contribution is -2.45. The highest BCUT2D eigenvalue weighted by Gasteiger charge is 2.33. The number of piperidine rings is 1. The fourth-order valence-electron chi connectivity index (χ4n) is 2.48. The smallest absolute Gasteiger partial charge is 0.243 e. The Morgan fingerprint density at radius 3 is 2.75 bits per heavy atom. The molecular formula is C14H22N2O3S. The van der Waals surface area contributed by atoms with Gasteiger partial charge in [0.25, 0.3) is 0 Å². The van der Waals surface area contributed by atoms with E-state index >= 15 is 0 Å². The number of hydrogen-bond donors (Lipinski definition) is 2. The van der Waals surface area contributed by atoms with Crippen molar-refractivity contribution in [1.29, 1.82) is 0 Å². The van der Waals surface area contributed by atoms with Crippen molar-refractivity contribution in [3.63, 3.8) is 0 Å². The maximum Gasteiger partial charge on any atom is 0.243 e. The van der Waals surface area contributed by atoms with Gasteiger partial charge in [0.15, 0.2) is 0 Å². The molecular weight excluding hydrogens is 276 g/mol. The van der Waals surface area contributed by atoms with Crippen LogP contribution in [0.1, 0.15) is 25.8 Å². The normalized spacial score (nSPS) is 24.8. The fourth-order valence-corrected chi connectivity index (χ4v) is 4.28. The monoisotopic (exact) mass is 298 g/mol. The molecule has 0 aromatic heterocycles. The van der Waals surface area contributed by atoms with Crippen molar-refractivity contribution in [1.82, 2.24) is 4.31 Å². The van der Waals surface area contributed by atoms with Crippen LogP contribution < -0.4 is 5.73 Å². The first kappa shape index (κ1) is 15.3. The van der Waals surface area contributed by atoms with Crippen LogP contribution in [0.25, 0.3) is 0 Å². The molecule has 0 aliphatic carbocycles. The molecule has 6 heteroatoms. The van der Waals surface area contributed by atoms with E-state index in [1.165, 1.54) is 10.4 Å². The number of sulfonamides is 1. The van der Waals surface area contributed by atoms with Crippen LogP contribution in [-0.2, 0) is 16.4 Å². The minimum Gasteiger partial charge on any atom is -0.399 e. The molecule has 5 nitrogen and oxygen atoms in total. The van der Waals surface area contributed by atoms with Gasteiger partial charge in [-0.05, 0) is 36.5 Å². The van der Waals surface area contributed by atoms with Crippen LogP contribution in [0, 0.1) is 5.92 Å². The summed E-state index contributed by atoms with van der Waals surface area (Å²) in [5, 5.41) is 9.91. The summed E-state index contributed by atoms with van der Waals surface area (Å²) >= 11 is 0. The summed E-state index contributed by atoms with van der Waals surface area (Å²) in [6.07, 6.45) is 0.691. The third-order valence-electron chi connectivity index (χ3n) is 3.97. The highest BCUT2D eigenvalue weighted by Crippen LogP contribution is 2.27. The van der Waals surface area contributed by atoms with E-state index in [0.29, 0.717) is 25.1 Å². The summed E-state index contributed by atoms with van der Waals surface area (Å²) in [5.41, 5.74) is 6.92. The summed E-state index contributed by atoms with van der Waals surface area (Å²) in [5.74, 6) is 0.132. The van der Waals surface area contributed by atoms with E-state index in [1.807, 2.05) is 13.8 Å². The molecule has 0 radical (unpaired) electrons. The average Bonchev–Trinajstić information content (AvgIpc) is 2.41. The SMILES string of the molecule is CCc1ccc(N)cc1S(=O)(=O)N1CCC(C)C(O)C1. The van der Waals surface area contributed by atoms with E-state index < -0.39 is 16.1 Å². The van der Waals surface area contributed by atoms with Gasteiger partial charge in [0.2, 0.25) is 10.0 Å². The third kappa shape index (κ3) is 2.82. The number of benzene rings is 1. The number of aliphatic hydroxyl groups is 1. The van der Waals surface area contributed by atoms with Gasteiger partial charge in [-0.15, -0.1) is 0 Å². The first-order chi connectivity index (χ1) is 9.36. The molecule has 1 saturated heterocycles. The van der Waals surface area contributed by atoms with Gasteiger partial charge in [-0.2, -0.15) is 4.31 Å². The van der Waals surface area contributed by atoms with Gasteiger partial charge in [0.05, 0.1) is 11.0 Å². The van der Waals surface area contributed by atoms with Crippen LogP contribution in [-0.4, -0.2) is 37.0 Å². The number of nitrogens with zero attached hydrogens (tertiary/aromatic N) is 1. The molecule has 2 unspecified atom stereocenters. The zero-order valence-electron chi connectivity index (χ0n) is 11.9. The summed E-state index contributed by atoms with van der Waals surface area (Å²) in [6, 6.07) is 4.98. The second kappa shape index (κ2) is 5.71. The van der Waals surface area contributed by atoms with Gasteiger partial charge >= 0.3 is 0 Å². The largest absolute Gasteiger partial charge is 0.399 e. The van der Waals surface area contributed by atoms with Crippen LogP contribution in [0.15, 0.2) is 23.1 Å². The lowest BCUT2D eigenvalue weighted by molar-refractivity contribution is 0.0605. The third-order valence-corrected chi connectivity index (χ3v) is 5.92. The topological polar surface area (TPSA) is 83.6 Å². The van der Waals surface area contributed by atoms with Gasteiger partial charge in [-0.25, -0.2) is 8.42 Å². The average molecular weight is 298 g/mol. The fraction of sp³-hybridized carbons (Fsp3) is 0.571. The molecule has 0 saturated carbocycles. The molecule has 0 spiro atoms. The minimum atomic E-state index is -3.59. The Hall–Kier alpha value is -1.11. The number of aliphatic hydroxyl groups excluding tert-OH is 1. The lowest BCUT2D eigenvalue weighted by atomic mass is 9.98.